The van der Waals surface area contributed by atoms with E-state index in [9.17, 15) is 5.11 Å². The Morgan fingerprint density at radius 3 is 2.79 bits per heavy atom. The van der Waals surface area contributed by atoms with Gasteiger partial charge in [0, 0.05) is 30.1 Å². The fourth-order valence-electron chi connectivity index (χ4n) is 4.53. The van der Waals surface area contributed by atoms with Crippen molar-refractivity contribution < 1.29 is 14.6 Å². The molecule has 0 unspecified atom stereocenters. The summed E-state index contributed by atoms with van der Waals surface area (Å²) in [6.45, 7) is 7.70. The largest absolute Gasteiger partial charge is 0.490 e. The van der Waals surface area contributed by atoms with Gasteiger partial charge in [-0.25, -0.2) is 9.51 Å². The van der Waals surface area contributed by atoms with Crippen LogP contribution in [-0.2, 0) is 4.74 Å². The Morgan fingerprint density at radius 2 is 2.00 bits per heavy atom. The van der Waals surface area contributed by atoms with Crippen LogP contribution in [0.3, 0.4) is 0 Å². The first kappa shape index (κ1) is 22.4. The standard InChI is InChI=1S/C25H30N6O3/c1-16-17(2)27-24-20(33-13-11-30-8-5-6-9-30)15-18(22(26)21(16)24)28-23-19-7-3-4-10-31(19)29-25(23)34-14-12-32/h3-4,7,10,15,26-27,32H,5-6,8-9,11-14H2,1-2H3/b26-22?,28-18-. The number of pyridine rings is 1. The maximum atomic E-state index is 9.23. The van der Waals surface area contributed by atoms with Crippen LogP contribution in [0.15, 0.2) is 35.5 Å². The molecule has 3 aromatic heterocycles. The lowest BCUT2D eigenvalue weighted by atomic mass is 9.95. The molecule has 178 valence electrons. The average Bonchev–Trinajstić information content (AvgIpc) is 3.54. The highest BCUT2D eigenvalue weighted by Gasteiger charge is 2.28. The van der Waals surface area contributed by atoms with Gasteiger partial charge in [0.15, 0.2) is 5.69 Å². The molecule has 9 heteroatoms. The Balaban J connectivity index is 1.53. The summed E-state index contributed by atoms with van der Waals surface area (Å²) in [5.41, 5.74) is 5.75. The molecule has 3 N–H and O–H groups in total. The second kappa shape index (κ2) is 9.44. The van der Waals surface area contributed by atoms with Crippen molar-refractivity contribution in [1.82, 2.24) is 19.5 Å². The van der Waals surface area contributed by atoms with Crippen LogP contribution in [0, 0.1) is 19.3 Å². The predicted molar refractivity (Wildman–Crippen MR) is 132 cm³/mol. The third-order valence-corrected chi connectivity index (χ3v) is 6.43. The molecule has 1 saturated heterocycles. The average molecular weight is 463 g/mol. The summed E-state index contributed by atoms with van der Waals surface area (Å²) in [6.07, 6.45) is 6.14. The zero-order valence-electron chi connectivity index (χ0n) is 19.6. The number of nitrogens with zero attached hydrogens (tertiary/aromatic N) is 4. The van der Waals surface area contributed by atoms with E-state index >= 15 is 0 Å². The Morgan fingerprint density at radius 1 is 1.18 bits per heavy atom. The van der Waals surface area contributed by atoms with E-state index < -0.39 is 0 Å². The van der Waals surface area contributed by atoms with Crippen molar-refractivity contribution in [3.05, 3.63) is 53.0 Å². The minimum atomic E-state index is -0.125. The number of H-pyrrole nitrogens is 1. The van der Waals surface area contributed by atoms with Gasteiger partial charge in [-0.3, -0.25) is 10.3 Å². The number of hydrogen-bond acceptors (Lipinski definition) is 7. The van der Waals surface area contributed by atoms with Crippen molar-refractivity contribution in [2.75, 3.05) is 39.5 Å². The maximum Gasteiger partial charge on any atom is 0.260 e. The predicted octanol–water partition coefficient (Wildman–Crippen LogP) is 3.26. The number of fused-ring (bicyclic) bond motifs is 2. The Kier molecular flexibility index (Phi) is 6.21. The van der Waals surface area contributed by atoms with Gasteiger partial charge in [-0.15, -0.1) is 5.10 Å². The number of ether oxygens (including phenoxy) is 2. The monoisotopic (exact) mass is 462 g/mol. The molecule has 1 aliphatic heterocycles. The Bertz CT molecular complexity index is 1280. The summed E-state index contributed by atoms with van der Waals surface area (Å²) < 4.78 is 13.6. The number of aryl methyl sites for hydroxylation is 1. The summed E-state index contributed by atoms with van der Waals surface area (Å²) in [7, 11) is 0. The topological polar surface area (TPSA) is 111 Å². The summed E-state index contributed by atoms with van der Waals surface area (Å²) in [4.78, 5) is 10.7. The van der Waals surface area contributed by atoms with Crippen LogP contribution >= 0.6 is 0 Å². The number of aliphatic hydroxyl groups excluding tert-OH is 1. The molecule has 1 aliphatic carbocycles. The van der Waals surface area contributed by atoms with E-state index in [1.165, 1.54) is 12.8 Å². The van der Waals surface area contributed by atoms with Gasteiger partial charge in [0.05, 0.1) is 29.2 Å². The number of rotatable bonds is 8. The highest BCUT2D eigenvalue weighted by atomic mass is 16.5. The molecule has 4 heterocycles. The first-order valence-electron chi connectivity index (χ1n) is 11.7. The zero-order chi connectivity index (χ0) is 23.7. The molecule has 9 nitrogen and oxygen atoms in total. The molecule has 0 amide bonds. The minimum Gasteiger partial charge on any atom is -0.490 e. The lowest BCUT2D eigenvalue weighted by Gasteiger charge is -2.20. The van der Waals surface area contributed by atoms with Gasteiger partial charge < -0.3 is 19.6 Å². The molecule has 5 rings (SSSR count). The molecule has 0 aromatic carbocycles. The molecular formula is C25H30N6O3. The van der Waals surface area contributed by atoms with Gasteiger partial charge in [-0.05, 0) is 57.5 Å². The molecule has 0 saturated carbocycles. The Hall–Kier alpha value is -3.43. The minimum absolute atomic E-state index is 0.111. The lowest BCUT2D eigenvalue weighted by Crippen LogP contribution is -2.25. The number of hydrogen-bond donors (Lipinski definition) is 3. The molecule has 0 radical (unpaired) electrons. The van der Waals surface area contributed by atoms with Crippen LogP contribution < -0.4 is 4.74 Å². The van der Waals surface area contributed by atoms with Crippen molar-refractivity contribution in [2.24, 2.45) is 4.99 Å². The van der Waals surface area contributed by atoms with E-state index in [1.54, 1.807) is 4.52 Å². The van der Waals surface area contributed by atoms with Crippen LogP contribution in [0.25, 0.3) is 11.3 Å². The van der Waals surface area contributed by atoms with E-state index in [-0.39, 0.29) is 13.2 Å². The van der Waals surface area contributed by atoms with Gasteiger partial charge in [0.2, 0.25) is 0 Å². The van der Waals surface area contributed by atoms with Crippen LogP contribution in [0.2, 0.25) is 0 Å². The highest BCUT2D eigenvalue weighted by molar-refractivity contribution is 6.54. The van der Waals surface area contributed by atoms with Crippen LogP contribution in [0.5, 0.6) is 5.88 Å². The number of likely N-dealkylation sites (tertiary alicyclic amines) is 1. The maximum absolute atomic E-state index is 9.23. The zero-order valence-corrected chi connectivity index (χ0v) is 19.6. The first-order chi connectivity index (χ1) is 16.6. The van der Waals surface area contributed by atoms with E-state index in [1.807, 2.05) is 44.3 Å². The second-order valence-corrected chi connectivity index (χ2v) is 8.66. The van der Waals surface area contributed by atoms with Crippen molar-refractivity contribution in [1.29, 1.82) is 5.41 Å². The summed E-state index contributed by atoms with van der Waals surface area (Å²) in [6, 6.07) is 5.68. The van der Waals surface area contributed by atoms with Crippen molar-refractivity contribution in [3.63, 3.8) is 0 Å². The number of nitrogens with one attached hydrogen (secondary N) is 2. The molecule has 0 bridgehead atoms. The molecule has 34 heavy (non-hydrogen) atoms. The summed E-state index contributed by atoms with van der Waals surface area (Å²) >= 11 is 0. The number of aromatic nitrogens is 3. The number of aliphatic hydroxyl groups is 1. The third-order valence-electron chi connectivity index (χ3n) is 6.43. The third kappa shape index (κ3) is 4.12. The lowest BCUT2D eigenvalue weighted by molar-refractivity contribution is 0.197. The molecular weight excluding hydrogens is 432 g/mol. The van der Waals surface area contributed by atoms with E-state index in [4.69, 9.17) is 19.9 Å². The number of aromatic amines is 1. The van der Waals surface area contributed by atoms with Crippen molar-refractivity contribution in [2.45, 2.75) is 26.7 Å². The highest BCUT2D eigenvalue weighted by Crippen LogP contribution is 2.35. The first-order valence-corrected chi connectivity index (χ1v) is 11.7. The number of allylic oxidation sites excluding steroid dienone is 1. The van der Waals surface area contributed by atoms with Gasteiger partial charge in [-0.1, -0.05) is 6.07 Å². The molecule has 0 atom stereocenters. The molecule has 2 aliphatic rings. The Labute approximate surface area is 198 Å². The fourth-order valence-corrected chi connectivity index (χ4v) is 4.53. The normalized spacial score (nSPS) is 17.4. The smallest absolute Gasteiger partial charge is 0.260 e. The van der Waals surface area contributed by atoms with E-state index in [0.717, 1.165) is 47.7 Å². The SMILES string of the molecule is Cc1[nH]c2c(c1C)C(=N)/C(=N\c1c(OCCO)nn3ccccc13)C=C2OCCN1CCCC1. The second-order valence-electron chi connectivity index (χ2n) is 8.66. The van der Waals surface area contributed by atoms with E-state index in [2.05, 4.69) is 15.0 Å². The summed E-state index contributed by atoms with van der Waals surface area (Å²) in [5.74, 6) is 1.01. The van der Waals surface area contributed by atoms with Gasteiger partial charge in [0.25, 0.3) is 5.88 Å². The van der Waals surface area contributed by atoms with Crippen LogP contribution in [-0.4, -0.2) is 75.5 Å². The van der Waals surface area contributed by atoms with Crippen LogP contribution in [0.1, 0.15) is 35.4 Å². The van der Waals surface area contributed by atoms with Crippen LogP contribution in [0.4, 0.5) is 5.69 Å². The van der Waals surface area contributed by atoms with Crippen molar-refractivity contribution >= 4 is 28.4 Å². The number of aliphatic imine (C=N–C) groups is 1. The molecule has 1 fully saturated rings. The van der Waals surface area contributed by atoms with Gasteiger partial charge in [0.1, 0.15) is 19.0 Å². The quantitative estimate of drug-likeness (QED) is 0.476. The molecule has 3 aromatic rings. The van der Waals surface area contributed by atoms with Crippen molar-refractivity contribution in [3.8, 4) is 5.88 Å². The molecule has 0 spiro atoms. The summed E-state index contributed by atoms with van der Waals surface area (Å²) in [5, 5.41) is 22.6. The fraction of sp³-hybridized carbons (Fsp3) is 0.400. The van der Waals surface area contributed by atoms with E-state index in [0.29, 0.717) is 35.4 Å². The van der Waals surface area contributed by atoms with Gasteiger partial charge >= 0.3 is 0 Å². The van der Waals surface area contributed by atoms with Gasteiger partial charge in [-0.2, -0.15) is 0 Å².